The van der Waals surface area contributed by atoms with E-state index < -0.39 is 28.0 Å². The molecule has 0 spiro atoms. The van der Waals surface area contributed by atoms with E-state index in [4.69, 9.17) is 23.2 Å². The quantitative estimate of drug-likeness (QED) is 0.666. The number of carbonyl (C=O) groups is 2. The molecule has 0 aliphatic heterocycles. The van der Waals surface area contributed by atoms with E-state index in [1.54, 1.807) is 24.3 Å². The fourth-order valence-electron chi connectivity index (χ4n) is 2.58. The van der Waals surface area contributed by atoms with Crippen LogP contribution in [0.3, 0.4) is 0 Å². The summed E-state index contributed by atoms with van der Waals surface area (Å²) in [6.45, 7) is 4.97. The van der Waals surface area contributed by atoms with Crippen LogP contribution < -0.4 is 14.9 Å². The maximum absolute atomic E-state index is 12.7. The molecule has 0 saturated heterocycles. The zero-order valence-corrected chi connectivity index (χ0v) is 19.3. The van der Waals surface area contributed by atoms with E-state index in [1.807, 2.05) is 20.8 Å². The monoisotopic (exact) mass is 471 g/mol. The van der Waals surface area contributed by atoms with Crippen LogP contribution in [0, 0.1) is 0 Å². The lowest BCUT2D eigenvalue weighted by Crippen LogP contribution is -2.41. The van der Waals surface area contributed by atoms with Crippen LogP contribution in [-0.2, 0) is 14.8 Å². The number of rotatable bonds is 6. The van der Waals surface area contributed by atoms with E-state index >= 15 is 0 Å². The lowest BCUT2D eigenvalue weighted by Gasteiger charge is -2.24. The van der Waals surface area contributed by atoms with Crippen molar-refractivity contribution in [3.63, 3.8) is 0 Å². The van der Waals surface area contributed by atoms with Crippen molar-refractivity contribution in [3.8, 4) is 0 Å². The summed E-state index contributed by atoms with van der Waals surface area (Å²) in [6, 6.07) is 10.8. The molecule has 0 fully saturated rings. The molecular formula is C20H23Cl2N3O4S. The fourth-order valence-corrected chi connectivity index (χ4v) is 3.87. The van der Waals surface area contributed by atoms with Gasteiger partial charge in [-0.1, -0.05) is 35.3 Å². The van der Waals surface area contributed by atoms with E-state index in [-0.39, 0.29) is 32.9 Å². The second kappa shape index (κ2) is 9.24. The predicted octanol–water partition coefficient (Wildman–Crippen LogP) is 3.93. The van der Waals surface area contributed by atoms with Gasteiger partial charge >= 0.3 is 0 Å². The largest absolute Gasteiger partial charge is 0.347 e. The van der Waals surface area contributed by atoms with Crippen LogP contribution in [0.4, 0.5) is 11.4 Å². The van der Waals surface area contributed by atoms with Crippen molar-refractivity contribution in [2.45, 2.75) is 26.3 Å². The Morgan fingerprint density at radius 1 is 1.07 bits per heavy atom. The number of anilines is 2. The van der Waals surface area contributed by atoms with Crippen molar-refractivity contribution in [2.75, 3.05) is 22.4 Å². The van der Waals surface area contributed by atoms with Gasteiger partial charge in [-0.05, 0) is 51.1 Å². The van der Waals surface area contributed by atoms with Gasteiger partial charge in [-0.2, -0.15) is 0 Å². The van der Waals surface area contributed by atoms with Crippen molar-refractivity contribution < 1.29 is 18.0 Å². The number of nitrogens with one attached hydrogen (secondary N) is 2. The normalized spacial score (nSPS) is 11.7. The number of hydrogen-bond donors (Lipinski definition) is 2. The summed E-state index contributed by atoms with van der Waals surface area (Å²) in [5.41, 5.74) is 0.132. The molecule has 0 unspecified atom stereocenters. The van der Waals surface area contributed by atoms with E-state index in [2.05, 4.69) is 10.6 Å². The highest BCUT2D eigenvalue weighted by Gasteiger charge is 2.24. The van der Waals surface area contributed by atoms with Crippen LogP contribution in [0.5, 0.6) is 0 Å². The Morgan fingerprint density at radius 3 is 2.30 bits per heavy atom. The van der Waals surface area contributed by atoms with Gasteiger partial charge < -0.3 is 10.6 Å². The van der Waals surface area contributed by atoms with Crippen LogP contribution in [0.1, 0.15) is 31.1 Å². The first-order valence-corrected chi connectivity index (χ1v) is 11.5. The lowest BCUT2D eigenvalue weighted by molar-refractivity contribution is -0.114. The maximum Gasteiger partial charge on any atom is 0.253 e. The molecule has 2 N–H and O–H groups in total. The number of hydrogen-bond acceptors (Lipinski definition) is 4. The Hall–Kier alpha value is -2.29. The van der Waals surface area contributed by atoms with Crippen molar-refractivity contribution in [3.05, 3.63) is 58.1 Å². The molecule has 0 heterocycles. The molecule has 0 atom stereocenters. The van der Waals surface area contributed by atoms with Crippen LogP contribution in [0.25, 0.3) is 0 Å². The van der Waals surface area contributed by atoms with Gasteiger partial charge in [0.25, 0.3) is 5.91 Å². The number of sulfonamides is 1. The van der Waals surface area contributed by atoms with Crippen LogP contribution in [-0.4, -0.2) is 38.6 Å². The second-order valence-corrected chi connectivity index (χ2v) is 10.4. The van der Waals surface area contributed by atoms with Crippen LogP contribution >= 0.6 is 23.2 Å². The molecule has 10 heteroatoms. The Kier molecular flexibility index (Phi) is 7.39. The van der Waals surface area contributed by atoms with Crippen molar-refractivity contribution in [1.82, 2.24) is 5.32 Å². The van der Waals surface area contributed by atoms with Crippen molar-refractivity contribution >= 4 is 56.4 Å². The van der Waals surface area contributed by atoms with E-state index in [9.17, 15) is 18.0 Å². The van der Waals surface area contributed by atoms with Gasteiger partial charge in [-0.15, -0.1) is 0 Å². The first-order valence-electron chi connectivity index (χ1n) is 8.92. The molecule has 162 valence electrons. The van der Waals surface area contributed by atoms with Gasteiger partial charge in [0.15, 0.2) is 0 Å². The predicted molar refractivity (Wildman–Crippen MR) is 121 cm³/mol. The highest BCUT2D eigenvalue weighted by molar-refractivity contribution is 7.92. The molecule has 0 radical (unpaired) electrons. The SMILES string of the molecule is CC(C)(C)NC(=O)c1ccccc1NC(=O)CN(c1cc(Cl)ccc1Cl)S(C)(=O)=O. The average Bonchev–Trinajstić information content (AvgIpc) is 2.60. The zero-order valence-electron chi connectivity index (χ0n) is 17.0. The molecule has 2 aromatic carbocycles. The Bertz CT molecular complexity index is 1070. The first-order chi connectivity index (χ1) is 13.8. The molecule has 30 heavy (non-hydrogen) atoms. The molecule has 0 aliphatic carbocycles. The molecule has 0 bridgehead atoms. The van der Waals surface area contributed by atoms with Gasteiger partial charge in [0, 0.05) is 10.6 Å². The third-order valence-electron chi connectivity index (χ3n) is 3.80. The lowest BCUT2D eigenvalue weighted by atomic mass is 10.1. The Morgan fingerprint density at radius 2 is 1.70 bits per heavy atom. The van der Waals surface area contributed by atoms with Gasteiger partial charge in [0.05, 0.1) is 28.2 Å². The molecule has 7 nitrogen and oxygen atoms in total. The number of para-hydroxylation sites is 1. The summed E-state index contributed by atoms with van der Waals surface area (Å²) in [5.74, 6) is -1.01. The molecule has 0 saturated carbocycles. The number of benzene rings is 2. The summed E-state index contributed by atoms with van der Waals surface area (Å²) >= 11 is 12.1. The summed E-state index contributed by atoms with van der Waals surface area (Å²) in [7, 11) is -3.84. The third kappa shape index (κ3) is 6.62. The Labute approximate surface area is 186 Å². The fraction of sp³-hybridized carbons (Fsp3) is 0.300. The third-order valence-corrected chi connectivity index (χ3v) is 5.48. The number of carbonyl (C=O) groups excluding carboxylic acids is 2. The summed E-state index contributed by atoms with van der Waals surface area (Å²) in [5, 5.41) is 5.83. The summed E-state index contributed by atoms with van der Waals surface area (Å²) < 4.78 is 25.4. The minimum atomic E-state index is -3.84. The minimum Gasteiger partial charge on any atom is -0.347 e. The highest BCUT2D eigenvalue weighted by atomic mass is 35.5. The van der Waals surface area contributed by atoms with Gasteiger partial charge in [0.2, 0.25) is 15.9 Å². The van der Waals surface area contributed by atoms with E-state index in [0.717, 1.165) is 10.6 Å². The maximum atomic E-state index is 12.7. The molecule has 0 aromatic heterocycles. The highest BCUT2D eigenvalue weighted by Crippen LogP contribution is 2.30. The van der Waals surface area contributed by atoms with E-state index in [0.29, 0.717) is 0 Å². The molecule has 0 aliphatic rings. The number of nitrogens with zero attached hydrogens (tertiary/aromatic N) is 1. The van der Waals surface area contributed by atoms with Gasteiger partial charge in [0.1, 0.15) is 6.54 Å². The Balaban J connectivity index is 2.29. The van der Waals surface area contributed by atoms with Crippen molar-refractivity contribution in [2.24, 2.45) is 0 Å². The second-order valence-electron chi connectivity index (χ2n) is 7.66. The van der Waals surface area contributed by atoms with Gasteiger partial charge in [-0.3, -0.25) is 13.9 Å². The van der Waals surface area contributed by atoms with Crippen LogP contribution in [0.15, 0.2) is 42.5 Å². The molecule has 2 amide bonds. The molecular weight excluding hydrogens is 449 g/mol. The summed E-state index contributed by atoms with van der Waals surface area (Å²) in [6.07, 6.45) is 0.961. The van der Waals surface area contributed by atoms with E-state index in [1.165, 1.54) is 18.2 Å². The van der Waals surface area contributed by atoms with Crippen LogP contribution in [0.2, 0.25) is 10.0 Å². The average molecular weight is 472 g/mol. The minimum absolute atomic E-state index is 0.0839. The topological polar surface area (TPSA) is 95.6 Å². The zero-order chi connectivity index (χ0) is 22.7. The standard InChI is InChI=1S/C20H23Cl2N3O4S/c1-20(2,3)24-19(27)14-7-5-6-8-16(14)23-18(26)12-25(30(4,28)29)17-11-13(21)9-10-15(17)22/h5-11H,12H2,1-4H3,(H,23,26)(H,24,27). The first kappa shape index (κ1) is 24.0. The summed E-state index contributed by atoms with van der Waals surface area (Å²) in [4.78, 5) is 25.2. The molecule has 2 aromatic rings. The van der Waals surface area contributed by atoms with Crippen molar-refractivity contribution in [1.29, 1.82) is 0 Å². The number of amides is 2. The molecule has 2 rings (SSSR count). The smallest absolute Gasteiger partial charge is 0.253 e. The number of halogens is 2. The van der Waals surface area contributed by atoms with Gasteiger partial charge in [-0.25, -0.2) is 8.42 Å².